The van der Waals surface area contributed by atoms with Gasteiger partial charge in [0.15, 0.2) is 11.9 Å². The number of anilines is 2. The van der Waals surface area contributed by atoms with E-state index in [0.29, 0.717) is 11.3 Å². The van der Waals surface area contributed by atoms with Crippen LogP contribution in [0.5, 0.6) is 0 Å². The van der Waals surface area contributed by atoms with Crippen LogP contribution in [0.3, 0.4) is 0 Å². The normalized spacial score (nSPS) is 12.1. The number of carbonyl (C=O) groups excluding carboxylic acids is 2. The molecule has 9 nitrogen and oxygen atoms in total. The smallest absolute Gasteiger partial charge is 0.338 e. The molecule has 3 aromatic rings. The molecule has 1 aromatic heterocycles. The lowest BCUT2D eigenvalue weighted by Gasteiger charge is -2.16. The standard InChI is InChI=1S/C22H22FN3O6S/c1-4-18(21(27)24-20-11-14(3)32-25-20)31-22(28)15-6-5-13(2)19(12-15)33(29,30)26-17-9-7-16(23)8-10-17/h5-12,18,26H,4H2,1-3H3,(H,24,25,27). The molecule has 1 amide bonds. The lowest BCUT2D eigenvalue weighted by molar-refractivity contribution is -0.124. The van der Waals surface area contributed by atoms with Gasteiger partial charge in [-0.15, -0.1) is 0 Å². The number of nitrogens with zero attached hydrogens (tertiary/aromatic N) is 1. The van der Waals surface area contributed by atoms with E-state index in [-0.39, 0.29) is 28.4 Å². The van der Waals surface area contributed by atoms with E-state index in [1.54, 1.807) is 20.8 Å². The van der Waals surface area contributed by atoms with Crippen molar-refractivity contribution in [1.82, 2.24) is 5.16 Å². The van der Waals surface area contributed by atoms with Crippen molar-refractivity contribution in [3.05, 3.63) is 71.2 Å². The number of aryl methyl sites for hydroxylation is 2. The summed E-state index contributed by atoms with van der Waals surface area (Å²) >= 11 is 0. The third kappa shape index (κ3) is 5.95. The molecule has 33 heavy (non-hydrogen) atoms. The molecule has 3 rings (SSSR count). The Balaban J connectivity index is 1.77. The molecule has 2 aromatic carbocycles. The Morgan fingerprint density at radius 3 is 2.42 bits per heavy atom. The van der Waals surface area contributed by atoms with Crippen LogP contribution in [0.25, 0.3) is 0 Å². The van der Waals surface area contributed by atoms with Crippen LogP contribution >= 0.6 is 0 Å². The fourth-order valence-electron chi connectivity index (χ4n) is 2.90. The molecule has 0 aliphatic rings. The number of amides is 1. The third-order valence-electron chi connectivity index (χ3n) is 4.60. The average molecular weight is 475 g/mol. The number of hydrogen-bond acceptors (Lipinski definition) is 7. The number of benzene rings is 2. The molecule has 0 bridgehead atoms. The van der Waals surface area contributed by atoms with Crippen LogP contribution in [0.4, 0.5) is 15.9 Å². The lowest BCUT2D eigenvalue weighted by Crippen LogP contribution is -2.32. The van der Waals surface area contributed by atoms with Crippen molar-refractivity contribution >= 4 is 33.4 Å². The highest BCUT2D eigenvalue weighted by molar-refractivity contribution is 7.92. The summed E-state index contributed by atoms with van der Waals surface area (Å²) in [6, 6.07) is 10.3. The van der Waals surface area contributed by atoms with Gasteiger partial charge in [0.05, 0.1) is 10.5 Å². The summed E-state index contributed by atoms with van der Waals surface area (Å²) in [5.41, 5.74) is 0.491. The van der Waals surface area contributed by atoms with Gasteiger partial charge in [-0.05, 0) is 62.2 Å². The van der Waals surface area contributed by atoms with Crippen LogP contribution in [0.1, 0.15) is 35.0 Å². The van der Waals surface area contributed by atoms with Crippen molar-refractivity contribution < 1.29 is 31.7 Å². The maximum absolute atomic E-state index is 13.1. The SMILES string of the molecule is CCC(OC(=O)c1ccc(C)c(S(=O)(=O)Nc2ccc(F)cc2)c1)C(=O)Nc1cc(C)on1. The van der Waals surface area contributed by atoms with Crippen molar-refractivity contribution in [2.75, 3.05) is 10.0 Å². The first-order valence-electron chi connectivity index (χ1n) is 9.93. The van der Waals surface area contributed by atoms with Crippen LogP contribution in [0, 0.1) is 19.7 Å². The minimum atomic E-state index is -4.08. The molecule has 0 saturated carbocycles. The Labute approximate surface area is 190 Å². The quantitative estimate of drug-likeness (QED) is 0.474. The summed E-state index contributed by atoms with van der Waals surface area (Å²) in [4.78, 5) is 24.9. The van der Waals surface area contributed by atoms with Crippen molar-refractivity contribution in [2.24, 2.45) is 0 Å². The Hall–Kier alpha value is -3.73. The Morgan fingerprint density at radius 1 is 1.12 bits per heavy atom. The summed E-state index contributed by atoms with van der Waals surface area (Å²) < 4.78 is 51.3. The molecule has 1 heterocycles. The van der Waals surface area contributed by atoms with Crippen LogP contribution < -0.4 is 10.0 Å². The molecule has 0 radical (unpaired) electrons. The number of rotatable bonds is 8. The van der Waals surface area contributed by atoms with Gasteiger partial charge < -0.3 is 14.6 Å². The van der Waals surface area contributed by atoms with Gasteiger partial charge in [0.1, 0.15) is 11.6 Å². The zero-order valence-corrected chi connectivity index (χ0v) is 18.9. The molecule has 0 spiro atoms. The van der Waals surface area contributed by atoms with Crippen LogP contribution in [0.2, 0.25) is 0 Å². The number of sulfonamides is 1. The number of carbonyl (C=O) groups is 2. The van der Waals surface area contributed by atoms with Crippen LogP contribution in [-0.2, 0) is 19.6 Å². The summed E-state index contributed by atoms with van der Waals surface area (Å²) in [5.74, 6) is -1.30. The van der Waals surface area contributed by atoms with Gasteiger partial charge in [-0.25, -0.2) is 17.6 Å². The second kappa shape index (κ2) is 9.82. The van der Waals surface area contributed by atoms with E-state index in [1.165, 1.54) is 30.3 Å². The first kappa shape index (κ1) is 23.9. The van der Waals surface area contributed by atoms with E-state index in [1.807, 2.05) is 0 Å². The lowest BCUT2D eigenvalue weighted by atomic mass is 10.1. The first-order valence-corrected chi connectivity index (χ1v) is 11.4. The van der Waals surface area contributed by atoms with E-state index in [4.69, 9.17) is 9.26 Å². The van der Waals surface area contributed by atoms with Crippen LogP contribution in [-0.4, -0.2) is 31.6 Å². The maximum atomic E-state index is 13.1. The number of aromatic nitrogens is 1. The van der Waals surface area contributed by atoms with Gasteiger partial charge in [-0.2, -0.15) is 0 Å². The number of halogens is 1. The Morgan fingerprint density at radius 2 is 1.82 bits per heavy atom. The highest BCUT2D eigenvalue weighted by atomic mass is 32.2. The van der Waals surface area contributed by atoms with E-state index < -0.39 is 33.8 Å². The zero-order chi connectivity index (χ0) is 24.2. The number of esters is 1. The van der Waals surface area contributed by atoms with E-state index in [0.717, 1.165) is 18.2 Å². The molecule has 0 saturated heterocycles. The van der Waals surface area contributed by atoms with E-state index in [2.05, 4.69) is 15.2 Å². The number of ether oxygens (including phenoxy) is 1. The molecule has 0 aliphatic heterocycles. The molecule has 1 atom stereocenters. The summed E-state index contributed by atoms with van der Waals surface area (Å²) in [6.07, 6.45) is -0.953. The van der Waals surface area contributed by atoms with Crippen LogP contribution in [0.15, 0.2) is 57.9 Å². The molecule has 0 aliphatic carbocycles. The molecular formula is C22H22FN3O6S. The summed E-state index contributed by atoms with van der Waals surface area (Å²) in [5, 5.41) is 6.15. The Bertz CT molecular complexity index is 1270. The van der Waals surface area contributed by atoms with Gasteiger partial charge in [-0.1, -0.05) is 18.1 Å². The zero-order valence-electron chi connectivity index (χ0n) is 18.1. The molecule has 0 fully saturated rings. The largest absolute Gasteiger partial charge is 0.449 e. The fourth-order valence-corrected chi connectivity index (χ4v) is 4.23. The van der Waals surface area contributed by atoms with Gasteiger partial charge in [0, 0.05) is 11.8 Å². The number of hydrogen-bond donors (Lipinski definition) is 2. The predicted molar refractivity (Wildman–Crippen MR) is 118 cm³/mol. The predicted octanol–water partition coefficient (Wildman–Crippen LogP) is 3.81. The highest BCUT2D eigenvalue weighted by Gasteiger charge is 2.25. The molecule has 11 heteroatoms. The number of nitrogens with one attached hydrogen (secondary N) is 2. The monoisotopic (exact) mass is 475 g/mol. The van der Waals surface area contributed by atoms with Gasteiger partial charge in [0.25, 0.3) is 15.9 Å². The van der Waals surface area contributed by atoms with Crippen molar-refractivity contribution in [3.63, 3.8) is 0 Å². The summed E-state index contributed by atoms with van der Waals surface area (Å²) in [7, 11) is -4.08. The second-order valence-electron chi connectivity index (χ2n) is 7.21. The van der Waals surface area contributed by atoms with Crippen molar-refractivity contribution in [3.8, 4) is 0 Å². The van der Waals surface area contributed by atoms with Crippen molar-refractivity contribution in [2.45, 2.75) is 38.2 Å². The van der Waals surface area contributed by atoms with E-state index >= 15 is 0 Å². The average Bonchev–Trinajstić information content (AvgIpc) is 3.17. The molecule has 1 unspecified atom stereocenters. The third-order valence-corrected chi connectivity index (χ3v) is 6.12. The fraction of sp³-hybridized carbons (Fsp3) is 0.227. The van der Waals surface area contributed by atoms with Gasteiger partial charge in [0.2, 0.25) is 0 Å². The summed E-state index contributed by atoms with van der Waals surface area (Å²) in [6.45, 7) is 4.88. The molecular weight excluding hydrogens is 453 g/mol. The maximum Gasteiger partial charge on any atom is 0.338 e. The van der Waals surface area contributed by atoms with Gasteiger partial charge in [-0.3, -0.25) is 9.52 Å². The minimum absolute atomic E-state index is 0.0522. The Kier molecular flexibility index (Phi) is 7.12. The minimum Gasteiger partial charge on any atom is -0.449 e. The molecule has 2 N–H and O–H groups in total. The second-order valence-corrected chi connectivity index (χ2v) is 8.86. The highest BCUT2D eigenvalue weighted by Crippen LogP contribution is 2.22. The first-order chi connectivity index (χ1) is 15.6. The van der Waals surface area contributed by atoms with E-state index in [9.17, 15) is 22.4 Å². The van der Waals surface area contributed by atoms with Gasteiger partial charge >= 0.3 is 5.97 Å². The topological polar surface area (TPSA) is 128 Å². The molecule has 174 valence electrons. The van der Waals surface area contributed by atoms with Crippen molar-refractivity contribution in [1.29, 1.82) is 0 Å².